The van der Waals surface area contributed by atoms with Crippen molar-refractivity contribution >= 4 is 5.97 Å². The average molecular weight is 248 g/mol. The summed E-state index contributed by atoms with van der Waals surface area (Å²) in [6.45, 7) is 1.43. The van der Waals surface area contributed by atoms with Crippen LogP contribution in [-0.2, 0) is 16.1 Å². The Hall–Kier alpha value is -1.99. The third-order valence-electron chi connectivity index (χ3n) is 2.59. The lowest BCUT2D eigenvalue weighted by atomic mass is 9.94. The SMILES string of the molecule is CC#CC(CC(=O)OC)c1ccc(O)c(CO)c1. The fraction of sp³-hybridized carbons (Fsp3) is 0.357. The van der Waals surface area contributed by atoms with Crippen molar-refractivity contribution in [1.82, 2.24) is 0 Å². The second-order valence-corrected chi connectivity index (χ2v) is 3.77. The van der Waals surface area contributed by atoms with Crippen molar-refractivity contribution in [3.05, 3.63) is 29.3 Å². The Morgan fingerprint density at radius 3 is 2.78 bits per heavy atom. The number of hydrogen-bond donors (Lipinski definition) is 2. The van der Waals surface area contributed by atoms with Crippen molar-refractivity contribution in [2.45, 2.75) is 25.9 Å². The molecule has 1 aromatic carbocycles. The van der Waals surface area contributed by atoms with Gasteiger partial charge in [-0.05, 0) is 24.6 Å². The van der Waals surface area contributed by atoms with E-state index in [0.29, 0.717) is 5.56 Å². The number of benzene rings is 1. The minimum Gasteiger partial charge on any atom is -0.508 e. The molecule has 1 atom stereocenters. The van der Waals surface area contributed by atoms with Gasteiger partial charge in [0.15, 0.2) is 0 Å². The molecule has 0 spiro atoms. The van der Waals surface area contributed by atoms with Gasteiger partial charge in [0.25, 0.3) is 0 Å². The molecule has 1 aromatic rings. The second kappa shape index (κ2) is 6.67. The minimum atomic E-state index is -0.346. The summed E-state index contributed by atoms with van der Waals surface area (Å²) in [5.41, 5.74) is 1.19. The lowest BCUT2D eigenvalue weighted by Crippen LogP contribution is -2.07. The first kappa shape index (κ1) is 14.1. The minimum absolute atomic E-state index is 0.0301. The van der Waals surface area contributed by atoms with Gasteiger partial charge in [-0.15, -0.1) is 5.92 Å². The highest BCUT2D eigenvalue weighted by Gasteiger charge is 2.15. The number of carbonyl (C=O) groups is 1. The van der Waals surface area contributed by atoms with Crippen LogP contribution < -0.4 is 0 Å². The highest BCUT2D eigenvalue weighted by molar-refractivity contribution is 5.71. The van der Waals surface area contributed by atoms with Crippen molar-refractivity contribution in [2.24, 2.45) is 0 Å². The Bertz CT molecular complexity index is 482. The van der Waals surface area contributed by atoms with Gasteiger partial charge in [0.1, 0.15) is 5.75 Å². The molecule has 0 radical (unpaired) electrons. The van der Waals surface area contributed by atoms with Crippen LogP contribution in [0.5, 0.6) is 5.75 Å². The van der Waals surface area contributed by atoms with Crippen molar-refractivity contribution in [2.75, 3.05) is 7.11 Å². The van der Waals surface area contributed by atoms with E-state index in [2.05, 4.69) is 16.6 Å². The molecule has 96 valence electrons. The van der Waals surface area contributed by atoms with Gasteiger partial charge in [-0.3, -0.25) is 4.79 Å². The molecule has 0 saturated carbocycles. The van der Waals surface area contributed by atoms with Crippen LogP contribution in [-0.4, -0.2) is 23.3 Å². The number of aliphatic hydroxyl groups is 1. The maximum Gasteiger partial charge on any atom is 0.307 e. The topological polar surface area (TPSA) is 66.8 Å². The fourth-order valence-electron chi connectivity index (χ4n) is 1.63. The molecule has 0 saturated heterocycles. The van der Waals surface area contributed by atoms with Crippen LogP contribution in [0.2, 0.25) is 0 Å². The van der Waals surface area contributed by atoms with E-state index >= 15 is 0 Å². The van der Waals surface area contributed by atoms with Crippen molar-refractivity contribution in [3.8, 4) is 17.6 Å². The van der Waals surface area contributed by atoms with Gasteiger partial charge in [0.2, 0.25) is 0 Å². The number of methoxy groups -OCH3 is 1. The molecule has 1 unspecified atom stereocenters. The normalized spacial score (nSPS) is 11.3. The summed E-state index contributed by atoms with van der Waals surface area (Å²) in [6.07, 6.45) is 0.146. The van der Waals surface area contributed by atoms with E-state index in [4.69, 9.17) is 5.11 Å². The van der Waals surface area contributed by atoms with E-state index in [1.165, 1.54) is 13.2 Å². The molecule has 0 heterocycles. The van der Waals surface area contributed by atoms with Gasteiger partial charge in [-0.1, -0.05) is 12.0 Å². The molecule has 0 aliphatic carbocycles. The fourth-order valence-corrected chi connectivity index (χ4v) is 1.63. The largest absolute Gasteiger partial charge is 0.508 e. The van der Waals surface area contributed by atoms with Crippen molar-refractivity contribution in [1.29, 1.82) is 0 Å². The zero-order valence-electron chi connectivity index (χ0n) is 10.4. The number of aliphatic hydroxyl groups excluding tert-OH is 1. The summed E-state index contributed by atoms with van der Waals surface area (Å²) < 4.78 is 4.62. The Kier molecular flexibility index (Phi) is 5.22. The zero-order valence-corrected chi connectivity index (χ0v) is 10.4. The first-order valence-corrected chi connectivity index (χ1v) is 5.54. The van der Waals surface area contributed by atoms with Crippen LogP contribution >= 0.6 is 0 Å². The van der Waals surface area contributed by atoms with Crippen LogP contribution in [0.15, 0.2) is 18.2 Å². The van der Waals surface area contributed by atoms with E-state index < -0.39 is 0 Å². The molecular weight excluding hydrogens is 232 g/mol. The van der Waals surface area contributed by atoms with Crippen molar-refractivity contribution < 1.29 is 19.7 Å². The molecule has 4 heteroatoms. The van der Waals surface area contributed by atoms with Crippen LogP contribution in [0.4, 0.5) is 0 Å². The van der Waals surface area contributed by atoms with Gasteiger partial charge in [0, 0.05) is 5.56 Å². The maximum absolute atomic E-state index is 11.3. The Labute approximate surface area is 106 Å². The third-order valence-corrected chi connectivity index (χ3v) is 2.59. The van der Waals surface area contributed by atoms with Gasteiger partial charge in [0.05, 0.1) is 26.1 Å². The molecule has 2 N–H and O–H groups in total. The molecule has 0 aliphatic rings. The lowest BCUT2D eigenvalue weighted by Gasteiger charge is -2.12. The summed E-state index contributed by atoms with van der Waals surface area (Å²) in [4.78, 5) is 11.3. The monoisotopic (exact) mass is 248 g/mol. The van der Waals surface area contributed by atoms with Gasteiger partial charge in [-0.25, -0.2) is 0 Å². The van der Waals surface area contributed by atoms with Crippen molar-refractivity contribution in [3.63, 3.8) is 0 Å². The quantitative estimate of drug-likeness (QED) is 0.626. The molecule has 0 amide bonds. The van der Waals surface area contributed by atoms with E-state index in [1.54, 1.807) is 19.1 Å². The lowest BCUT2D eigenvalue weighted by molar-refractivity contribution is -0.140. The summed E-state index contributed by atoms with van der Waals surface area (Å²) >= 11 is 0. The zero-order chi connectivity index (χ0) is 13.5. The number of carbonyl (C=O) groups excluding carboxylic acids is 1. The molecule has 4 nitrogen and oxygen atoms in total. The first-order valence-electron chi connectivity index (χ1n) is 5.54. The maximum atomic E-state index is 11.3. The third kappa shape index (κ3) is 3.51. The Morgan fingerprint density at radius 1 is 1.50 bits per heavy atom. The van der Waals surface area contributed by atoms with E-state index in [-0.39, 0.29) is 30.7 Å². The molecule has 0 aliphatic heterocycles. The molecular formula is C14H16O4. The second-order valence-electron chi connectivity index (χ2n) is 3.77. The number of aromatic hydroxyl groups is 1. The molecule has 18 heavy (non-hydrogen) atoms. The van der Waals surface area contributed by atoms with Gasteiger partial charge < -0.3 is 14.9 Å². The number of rotatable bonds is 4. The highest BCUT2D eigenvalue weighted by Crippen LogP contribution is 2.25. The predicted molar refractivity (Wildman–Crippen MR) is 66.9 cm³/mol. The average Bonchev–Trinajstić information content (AvgIpc) is 2.38. The predicted octanol–water partition coefficient (Wildman–Crippen LogP) is 1.55. The molecule has 0 aromatic heterocycles. The number of esters is 1. The standard InChI is InChI=1S/C14H16O4/c1-3-4-10(8-14(17)18-2)11-5-6-13(16)12(7-11)9-15/h5-7,10,15-16H,8-9H2,1-2H3. The van der Waals surface area contributed by atoms with E-state index in [0.717, 1.165) is 5.56 Å². The smallest absolute Gasteiger partial charge is 0.307 e. The Balaban J connectivity index is 3.04. The van der Waals surface area contributed by atoms with E-state index in [9.17, 15) is 9.90 Å². The molecule has 0 fully saturated rings. The number of hydrogen-bond acceptors (Lipinski definition) is 4. The van der Waals surface area contributed by atoms with Gasteiger partial charge >= 0.3 is 5.97 Å². The van der Waals surface area contributed by atoms with Crippen LogP contribution in [0, 0.1) is 11.8 Å². The summed E-state index contributed by atoms with van der Waals surface area (Å²) in [7, 11) is 1.33. The summed E-state index contributed by atoms with van der Waals surface area (Å²) in [5.74, 6) is 5.07. The van der Waals surface area contributed by atoms with Crippen LogP contribution in [0.1, 0.15) is 30.4 Å². The van der Waals surface area contributed by atoms with Crippen LogP contribution in [0.3, 0.4) is 0 Å². The number of ether oxygens (including phenoxy) is 1. The van der Waals surface area contributed by atoms with Crippen LogP contribution in [0.25, 0.3) is 0 Å². The van der Waals surface area contributed by atoms with Gasteiger partial charge in [-0.2, -0.15) is 0 Å². The molecule has 0 bridgehead atoms. The van der Waals surface area contributed by atoms with E-state index in [1.807, 2.05) is 0 Å². The number of phenols is 1. The summed E-state index contributed by atoms with van der Waals surface area (Å²) in [6, 6.07) is 4.82. The first-order chi connectivity index (χ1) is 8.62. The Morgan fingerprint density at radius 2 is 2.22 bits per heavy atom. The molecule has 1 rings (SSSR count). The highest BCUT2D eigenvalue weighted by atomic mass is 16.5. The summed E-state index contributed by atoms with van der Waals surface area (Å²) in [5, 5.41) is 18.6.